The fraction of sp³-hybridized carbons (Fsp3) is 0.464. The van der Waals surface area contributed by atoms with Crippen molar-refractivity contribution >= 4 is 43.8 Å². The SMILES string of the molecule is CC(C)(C)[PH+](CC[PH+](C(C)(C)C)C(C)(C)C)C(C)(C)C.FC(F)(F)c1cc([B-](c2cc(C(F)(F)F)cc(C(F)(F)F)c2)(c2cc(C(F)(F)F)cc(C(F)(F)F)c2)c2cc(C(F)(F)F)cc(C(F)(F)F)c2)cc(C(F)(F)F)c1.Fc1ccccc1F.[Rh]. The van der Waals surface area contributed by atoms with E-state index < -0.39 is 206 Å². The van der Waals surface area contributed by atoms with E-state index >= 15 is 0 Å². The van der Waals surface area contributed by atoms with E-state index in [4.69, 9.17) is 0 Å². The molecule has 485 valence electrons. The van der Waals surface area contributed by atoms with E-state index in [1.54, 1.807) is 0 Å². The molecular formula is C56H58BF26P2Rh+. The van der Waals surface area contributed by atoms with Crippen molar-refractivity contribution < 1.29 is 134 Å². The molecule has 0 unspecified atom stereocenters. The Hall–Kier alpha value is -4.17. The number of hydrogen-bond acceptors (Lipinski definition) is 0. The van der Waals surface area contributed by atoms with Crippen LogP contribution in [-0.2, 0) is 68.9 Å². The maximum atomic E-state index is 14.2. The van der Waals surface area contributed by atoms with Crippen LogP contribution in [0.5, 0.6) is 0 Å². The van der Waals surface area contributed by atoms with Crippen LogP contribution in [0.2, 0.25) is 0 Å². The van der Waals surface area contributed by atoms with E-state index in [1.165, 1.54) is 24.5 Å². The summed E-state index contributed by atoms with van der Waals surface area (Å²) in [7, 11) is -0.729. The molecule has 86 heavy (non-hydrogen) atoms. The van der Waals surface area contributed by atoms with Crippen molar-refractivity contribution in [3.8, 4) is 0 Å². The Morgan fingerprint density at radius 3 is 0.512 bits per heavy atom. The van der Waals surface area contributed by atoms with Crippen molar-refractivity contribution in [2.45, 2.75) is 153 Å². The summed E-state index contributed by atoms with van der Waals surface area (Å²) in [6, 6.07) is -3.77. The minimum absolute atomic E-state index is 0. The molecule has 0 saturated carbocycles. The van der Waals surface area contributed by atoms with Crippen molar-refractivity contribution in [3.63, 3.8) is 0 Å². The molecule has 0 fully saturated rings. The molecule has 0 aliphatic carbocycles. The van der Waals surface area contributed by atoms with Crippen LogP contribution in [0.25, 0.3) is 0 Å². The molecule has 0 nitrogen and oxygen atoms in total. The maximum Gasteiger partial charge on any atom is 0.416 e. The van der Waals surface area contributed by atoms with Gasteiger partial charge in [0.1, 0.15) is 6.15 Å². The summed E-state index contributed by atoms with van der Waals surface area (Å²) < 4.78 is 365. The predicted molar refractivity (Wildman–Crippen MR) is 282 cm³/mol. The molecule has 0 saturated heterocycles. The molecular weight excluding hydrogens is 1340 g/mol. The number of hydrogen-bond donors (Lipinski definition) is 0. The molecule has 0 bridgehead atoms. The van der Waals surface area contributed by atoms with Crippen LogP contribution in [-0.4, -0.2) is 39.1 Å². The molecule has 0 atom stereocenters. The Bertz CT molecular complexity index is 2560. The minimum Gasteiger partial charge on any atom is -0.204 e. The van der Waals surface area contributed by atoms with Crippen molar-refractivity contribution in [2.75, 3.05) is 12.3 Å². The van der Waals surface area contributed by atoms with E-state index in [-0.39, 0.29) is 35.3 Å². The largest absolute Gasteiger partial charge is 0.416 e. The molecule has 0 aliphatic heterocycles. The summed E-state index contributed by atoms with van der Waals surface area (Å²) in [5, 5.41) is 2.02. The van der Waals surface area contributed by atoms with E-state index in [2.05, 4.69) is 83.1 Å². The molecule has 1 radical (unpaired) electrons. The van der Waals surface area contributed by atoms with Gasteiger partial charge >= 0.3 is 49.4 Å². The summed E-state index contributed by atoms with van der Waals surface area (Å²) in [6.45, 7) is 29.6. The number of halogens is 26. The zero-order valence-electron chi connectivity index (χ0n) is 47.4. The van der Waals surface area contributed by atoms with Gasteiger partial charge in [-0.25, -0.2) is 8.78 Å². The Labute approximate surface area is 494 Å². The Balaban J connectivity index is 0.000000713. The second kappa shape index (κ2) is 26.3. The van der Waals surface area contributed by atoms with Gasteiger partial charge in [-0.3, -0.25) is 0 Å². The van der Waals surface area contributed by atoms with Crippen LogP contribution >= 0.6 is 15.8 Å². The van der Waals surface area contributed by atoms with Gasteiger partial charge in [-0.1, -0.05) is 60.7 Å². The van der Waals surface area contributed by atoms with E-state index in [0.29, 0.717) is 20.6 Å². The topological polar surface area (TPSA) is 0 Å². The number of benzene rings is 5. The Morgan fingerprint density at radius 2 is 0.407 bits per heavy atom. The third-order valence-corrected chi connectivity index (χ3v) is 22.8. The van der Waals surface area contributed by atoms with Crippen LogP contribution in [0.3, 0.4) is 0 Å². The average Bonchev–Trinajstić information content (AvgIpc) is 0.719. The van der Waals surface area contributed by atoms with Crippen LogP contribution < -0.4 is 21.9 Å². The summed E-state index contributed by atoms with van der Waals surface area (Å²) in [5.41, 5.74) is -30.2. The zero-order valence-corrected chi connectivity index (χ0v) is 51.0. The normalized spacial score (nSPS) is 13.9. The maximum absolute atomic E-state index is 14.2. The number of rotatable bonds is 7. The summed E-state index contributed by atoms with van der Waals surface area (Å²) in [5.74, 6) is -1.60. The van der Waals surface area contributed by atoms with Gasteiger partial charge in [-0.15, -0.1) is 0 Å². The minimum atomic E-state index is -6.13. The van der Waals surface area contributed by atoms with Gasteiger partial charge in [0.05, 0.1) is 77.5 Å². The molecule has 0 amide bonds. The van der Waals surface area contributed by atoms with Crippen molar-refractivity contribution in [2.24, 2.45) is 0 Å². The molecule has 0 aromatic heterocycles. The molecule has 5 aromatic carbocycles. The van der Waals surface area contributed by atoms with Gasteiger partial charge in [0.15, 0.2) is 11.6 Å². The molecule has 0 heterocycles. The zero-order chi connectivity index (χ0) is 66.5. The van der Waals surface area contributed by atoms with Crippen molar-refractivity contribution in [3.05, 3.63) is 153 Å². The monoisotopic (exact) mass is 1400 g/mol. The smallest absolute Gasteiger partial charge is 0.204 e. The van der Waals surface area contributed by atoms with Gasteiger partial charge in [-0.05, 0) is 119 Å². The van der Waals surface area contributed by atoms with Gasteiger partial charge in [0.2, 0.25) is 0 Å². The average molecular weight is 1400 g/mol. The van der Waals surface area contributed by atoms with Crippen LogP contribution in [0.15, 0.2) is 97.1 Å². The first-order valence-electron chi connectivity index (χ1n) is 25.0. The fourth-order valence-electron chi connectivity index (χ4n) is 10.5. The van der Waals surface area contributed by atoms with Gasteiger partial charge in [-0.2, -0.15) is 127 Å². The van der Waals surface area contributed by atoms with Gasteiger partial charge in [0, 0.05) is 35.3 Å². The van der Waals surface area contributed by atoms with Gasteiger partial charge in [0.25, 0.3) is 0 Å². The number of alkyl halides is 24. The predicted octanol–water partition coefficient (Wildman–Crippen LogP) is 19.8. The summed E-state index contributed by atoms with van der Waals surface area (Å²) in [6.07, 6.45) is -51.8. The third kappa shape index (κ3) is 20.4. The molecule has 0 spiro atoms. The van der Waals surface area contributed by atoms with Crippen LogP contribution in [0.4, 0.5) is 114 Å². The Kier molecular flexibility index (Phi) is 23.9. The van der Waals surface area contributed by atoms with E-state index in [0.717, 1.165) is 12.1 Å². The van der Waals surface area contributed by atoms with E-state index in [1.807, 2.05) is 0 Å². The first-order valence-corrected chi connectivity index (χ1v) is 28.4. The molecule has 5 rings (SSSR count). The molecule has 0 N–H and O–H groups in total. The molecule has 5 aromatic rings. The molecule has 0 aliphatic rings. The second-order valence-electron chi connectivity index (χ2n) is 24.1. The summed E-state index contributed by atoms with van der Waals surface area (Å²) in [4.78, 5) is 0. The molecule has 30 heteroatoms. The first-order chi connectivity index (χ1) is 37.5. The third-order valence-electron chi connectivity index (χ3n) is 13.5. The Morgan fingerprint density at radius 1 is 0.267 bits per heavy atom. The standard InChI is InChI=1S/C32H12BF24.C18H40P2.C6H4F2.Rh/c34-25(35,36)13-1-14(26(37,38)39)6-21(5-13)33(22-7-15(27(40,41)42)2-16(8-22)28(43,44)45,23-9-17(29(46,47)48)3-18(10-23)30(49,50)51)24-11-19(31(52,53)54)4-20(12-24)32(55,56)57;1-15(2,3)19(16(4,5)6)13-14-20(17(7,8)9)18(10,11)12;7-5-3-1-2-4-6(5)8;/h1-12H;13-14H2,1-12H3;1-4H;/q-1;;;/p+2. The van der Waals surface area contributed by atoms with E-state index in [9.17, 15) is 114 Å². The van der Waals surface area contributed by atoms with Crippen molar-refractivity contribution in [1.29, 1.82) is 0 Å². The fourth-order valence-corrected chi connectivity index (χ4v) is 20.0. The van der Waals surface area contributed by atoms with Crippen LogP contribution in [0.1, 0.15) is 128 Å². The summed E-state index contributed by atoms with van der Waals surface area (Å²) >= 11 is 0. The van der Waals surface area contributed by atoms with Crippen molar-refractivity contribution in [1.82, 2.24) is 0 Å². The second-order valence-corrected chi connectivity index (χ2v) is 33.0. The quantitative estimate of drug-likeness (QED) is 0.0866. The van der Waals surface area contributed by atoms with Gasteiger partial charge < -0.3 is 0 Å². The van der Waals surface area contributed by atoms with Crippen LogP contribution in [0, 0.1) is 11.6 Å². The first kappa shape index (κ1) is 77.9.